The fourth-order valence-corrected chi connectivity index (χ4v) is 2.81. The van der Waals surface area contributed by atoms with Crippen LogP contribution in [-0.2, 0) is 11.2 Å². The number of hydrogen-bond donors (Lipinski definition) is 1. The lowest BCUT2D eigenvalue weighted by Crippen LogP contribution is -2.32. The van der Waals surface area contributed by atoms with Crippen LogP contribution in [0.3, 0.4) is 0 Å². The number of ether oxygens (including phenoxy) is 1. The van der Waals surface area contributed by atoms with Crippen molar-refractivity contribution in [2.45, 2.75) is 18.9 Å². The molecule has 0 aliphatic heterocycles. The van der Waals surface area contributed by atoms with E-state index in [2.05, 4.69) is 15.9 Å². The highest BCUT2D eigenvalue weighted by atomic mass is 79.9. The monoisotopic (exact) mass is 264 g/mol. The second-order valence-corrected chi connectivity index (χ2v) is 5.25. The van der Waals surface area contributed by atoms with Gasteiger partial charge >= 0.3 is 0 Å². The van der Waals surface area contributed by atoms with Gasteiger partial charge in [0.25, 0.3) is 0 Å². The maximum Gasteiger partial charge on any atom is 0.0899 e. The van der Waals surface area contributed by atoms with E-state index in [-0.39, 0.29) is 0 Å². The molecule has 1 aromatic rings. The summed E-state index contributed by atoms with van der Waals surface area (Å²) in [7, 11) is 1.60. The van der Waals surface area contributed by atoms with Crippen molar-refractivity contribution < 1.29 is 9.84 Å². The van der Waals surface area contributed by atoms with Crippen LogP contribution in [0.2, 0.25) is 0 Å². The smallest absolute Gasteiger partial charge is 0.0899 e. The van der Waals surface area contributed by atoms with Gasteiger partial charge in [-0.15, -0.1) is 11.3 Å². The fraction of sp³-hybridized carbons (Fsp3) is 0.556. The summed E-state index contributed by atoms with van der Waals surface area (Å²) in [6.07, 6.45) is 0.636. The van der Waals surface area contributed by atoms with E-state index in [0.717, 1.165) is 9.35 Å². The maximum absolute atomic E-state index is 9.84. The zero-order valence-corrected chi connectivity index (χ0v) is 10.1. The molecule has 0 saturated heterocycles. The SMILES string of the molecule is COCC(C)(O)Cc1cc(Br)cs1. The molecule has 0 aliphatic rings. The second kappa shape index (κ2) is 4.55. The van der Waals surface area contributed by atoms with E-state index < -0.39 is 5.60 Å². The summed E-state index contributed by atoms with van der Waals surface area (Å²) in [6.45, 7) is 2.15. The summed E-state index contributed by atoms with van der Waals surface area (Å²) in [6, 6.07) is 2.02. The lowest BCUT2D eigenvalue weighted by Gasteiger charge is -2.20. The van der Waals surface area contributed by atoms with Gasteiger partial charge in [0.15, 0.2) is 0 Å². The second-order valence-electron chi connectivity index (χ2n) is 3.34. The molecule has 0 aliphatic carbocycles. The highest BCUT2D eigenvalue weighted by Gasteiger charge is 2.21. The van der Waals surface area contributed by atoms with Crippen molar-refractivity contribution in [1.82, 2.24) is 0 Å². The van der Waals surface area contributed by atoms with Crippen molar-refractivity contribution in [1.29, 1.82) is 0 Å². The van der Waals surface area contributed by atoms with Gasteiger partial charge in [0.1, 0.15) is 0 Å². The minimum absolute atomic E-state index is 0.364. The first-order valence-electron chi connectivity index (χ1n) is 3.98. The van der Waals surface area contributed by atoms with Gasteiger partial charge in [0, 0.05) is 28.3 Å². The first kappa shape index (κ1) is 11.2. The molecule has 0 amide bonds. The zero-order chi connectivity index (χ0) is 9.90. The third-order valence-electron chi connectivity index (χ3n) is 1.63. The molecule has 0 bridgehead atoms. The predicted molar refractivity (Wildman–Crippen MR) is 58.2 cm³/mol. The molecule has 0 saturated carbocycles. The lowest BCUT2D eigenvalue weighted by atomic mass is 10.0. The first-order chi connectivity index (χ1) is 6.03. The van der Waals surface area contributed by atoms with Crippen molar-refractivity contribution in [3.63, 3.8) is 0 Å². The van der Waals surface area contributed by atoms with Crippen LogP contribution in [0.1, 0.15) is 11.8 Å². The summed E-state index contributed by atoms with van der Waals surface area (Å²) < 4.78 is 6.00. The topological polar surface area (TPSA) is 29.5 Å². The summed E-state index contributed by atoms with van der Waals surface area (Å²) >= 11 is 5.02. The van der Waals surface area contributed by atoms with E-state index in [1.165, 1.54) is 0 Å². The lowest BCUT2D eigenvalue weighted by molar-refractivity contribution is -0.0155. The molecule has 0 fully saturated rings. The summed E-state index contributed by atoms with van der Waals surface area (Å²) in [5.41, 5.74) is -0.765. The van der Waals surface area contributed by atoms with Gasteiger partial charge in [-0.05, 0) is 28.9 Å². The molecule has 0 radical (unpaired) electrons. The minimum Gasteiger partial charge on any atom is -0.387 e. The van der Waals surface area contributed by atoms with Crippen LogP contribution < -0.4 is 0 Å². The Morgan fingerprint density at radius 1 is 1.69 bits per heavy atom. The molecule has 2 nitrogen and oxygen atoms in total. The Bertz CT molecular complexity index is 270. The van der Waals surface area contributed by atoms with Crippen molar-refractivity contribution in [2.75, 3.05) is 13.7 Å². The molecule has 1 aromatic heterocycles. The molecule has 1 heterocycles. The molecule has 1 rings (SSSR count). The number of rotatable bonds is 4. The third kappa shape index (κ3) is 3.77. The normalized spacial score (nSPS) is 15.7. The van der Waals surface area contributed by atoms with Gasteiger partial charge in [0.05, 0.1) is 12.2 Å². The van der Waals surface area contributed by atoms with Crippen molar-refractivity contribution >= 4 is 27.3 Å². The Morgan fingerprint density at radius 3 is 2.85 bits per heavy atom. The fourth-order valence-electron chi connectivity index (χ4n) is 1.18. The van der Waals surface area contributed by atoms with E-state index in [4.69, 9.17) is 4.74 Å². The van der Waals surface area contributed by atoms with Gasteiger partial charge in [-0.1, -0.05) is 0 Å². The average molecular weight is 265 g/mol. The highest BCUT2D eigenvalue weighted by Crippen LogP contribution is 2.23. The third-order valence-corrected chi connectivity index (χ3v) is 3.33. The van der Waals surface area contributed by atoms with Gasteiger partial charge in [-0.25, -0.2) is 0 Å². The van der Waals surface area contributed by atoms with Crippen LogP contribution in [-0.4, -0.2) is 24.4 Å². The maximum atomic E-state index is 9.84. The Hall–Kier alpha value is 0.1000. The summed E-state index contributed by atoms with van der Waals surface area (Å²) in [5, 5.41) is 11.9. The van der Waals surface area contributed by atoms with Crippen LogP contribution in [0.4, 0.5) is 0 Å². The molecule has 1 atom stereocenters. The Balaban J connectivity index is 2.57. The largest absolute Gasteiger partial charge is 0.387 e. The molecule has 1 unspecified atom stereocenters. The van der Waals surface area contributed by atoms with Gasteiger partial charge < -0.3 is 9.84 Å². The number of methoxy groups -OCH3 is 1. The summed E-state index contributed by atoms with van der Waals surface area (Å²) in [5.74, 6) is 0. The molecule has 74 valence electrons. The van der Waals surface area contributed by atoms with Gasteiger partial charge in [0.2, 0.25) is 0 Å². The number of thiophene rings is 1. The van der Waals surface area contributed by atoms with E-state index in [1.807, 2.05) is 11.4 Å². The van der Waals surface area contributed by atoms with E-state index in [1.54, 1.807) is 25.4 Å². The molecule has 1 N–H and O–H groups in total. The Morgan fingerprint density at radius 2 is 2.38 bits per heavy atom. The molecule has 0 aromatic carbocycles. The standard InChI is InChI=1S/C9H13BrO2S/c1-9(11,6-12-2)4-8-3-7(10)5-13-8/h3,5,11H,4,6H2,1-2H3. The average Bonchev–Trinajstić information content (AvgIpc) is 2.34. The quantitative estimate of drug-likeness (QED) is 0.906. The van der Waals surface area contributed by atoms with E-state index >= 15 is 0 Å². The van der Waals surface area contributed by atoms with Crippen LogP contribution in [0.5, 0.6) is 0 Å². The van der Waals surface area contributed by atoms with Crippen molar-refractivity contribution in [2.24, 2.45) is 0 Å². The van der Waals surface area contributed by atoms with Gasteiger partial charge in [-0.2, -0.15) is 0 Å². The highest BCUT2D eigenvalue weighted by molar-refractivity contribution is 9.10. The molecule has 13 heavy (non-hydrogen) atoms. The van der Waals surface area contributed by atoms with E-state index in [9.17, 15) is 5.11 Å². The van der Waals surface area contributed by atoms with E-state index in [0.29, 0.717) is 13.0 Å². The number of halogens is 1. The predicted octanol–water partition coefficient (Wildman–Crippen LogP) is 2.45. The molecular formula is C9H13BrO2S. The molecule has 4 heteroatoms. The van der Waals surface area contributed by atoms with Crippen LogP contribution >= 0.6 is 27.3 Å². The van der Waals surface area contributed by atoms with Gasteiger partial charge in [-0.3, -0.25) is 0 Å². The Kier molecular flexibility index (Phi) is 3.91. The number of aliphatic hydroxyl groups is 1. The molecule has 0 spiro atoms. The van der Waals surface area contributed by atoms with Crippen LogP contribution in [0, 0.1) is 0 Å². The molecular weight excluding hydrogens is 252 g/mol. The van der Waals surface area contributed by atoms with Crippen LogP contribution in [0.15, 0.2) is 15.9 Å². The number of hydrogen-bond acceptors (Lipinski definition) is 3. The van der Waals surface area contributed by atoms with Crippen LogP contribution in [0.25, 0.3) is 0 Å². The summed E-state index contributed by atoms with van der Waals surface area (Å²) in [4.78, 5) is 1.16. The zero-order valence-electron chi connectivity index (χ0n) is 7.71. The Labute approximate surface area is 90.7 Å². The minimum atomic E-state index is -0.765. The van der Waals surface area contributed by atoms with Crippen molar-refractivity contribution in [3.8, 4) is 0 Å². The first-order valence-corrected chi connectivity index (χ1v) is 5.65. The van der Waals surface area contributed by atoms with Crippen molar-refractivity contribution in [3.05, 3.63) is 20.8 Å².